The molecule has 0 spiro atoms. The molecular weight excluding hydrogens is 764 g/mol. The summed E-state index contributed by atoms with van der Waals surface area (Å²) >= 11 is 0. The monoisotopic (exact) mass is 810 g/mol. The smallest absolute Gasteiger partial charge is 0.407 e. The minimum absolute atomic E-state index is 0.0260. The Kier molecular flexibility index (Phi) is 14.4. The van der Waals surface area contributed by atoms with Crippen molar-refractivity contribution in [2.75, 3.05) is 13.1 Å². The summed E-state index contributed by atoms with van der Waals surface area (Å²) in [6.07, 6.45) is 3.87. The summed E-state index contributed by atoms with van der Waals surface area (Å²) in [4.78, 5) is 78.6. The van der Waals surface area contributed by atoms with E-state index < -0.39 is 48.0 Å². The van der Waals surface area contributed by atoms with Crippen molar-refractivity contribution in [2.45, 2.75) is 77.3 Å². The largest absolute Gasteiger partial charge is 0.446 e. The van der Waals surface area contributed by atoms with Gasteiger partial charge in [0.2, 0.25) is 17.7 Å². The van der Waals surface area contributed by atoms with Crippen LogP contribution in [0, 0.1) is 5.92 Å². The Morgan fingerprint density at radius 2 is 0.983 bits per heavy atom. The summed E-state index contributed by atoms with van der Waals surface area (Å²) in [5.74, 6) is -1.61. The molecule has 0 unspecified atom stereocenters. The van der Waals surface area contributed by atoms with Crippen LogP contribution in [0.1, 0.15) is 124 Å². The number of rotatable bonds is 14. The van der Waals surface area contributed by atoms with E-state index in [1.807, 2.05) is 74.5 Å². The van der Waals surface area contributed by atoms with Gasteiger partial charge in [0.25, 0.3) is 17.7 Å². The number of nitrogens with zero attached hydrogens (tertiary/aromatic N) is 3. The van der Waals surface area contributed by atoms with E-state index in [-0.39, 0.29) is 79.8 Å². The number of aromatic nitrogens is 3. The Morgan fingerprint density at radius 3 is 1.37 bits per heavy atom. The molecule has 6 bridgehead atoms. The van der Waals surface area contributed by atoms with Gasteiger partial charge in [-0.05, 0) is 49.1 Å². The second kappa shape index (κ2) is 20.4. The molecule has 1 aliphatic heterocycles. The van der Waals surface area contributed by atoms with Gasteiger partial charge in [-0.2, -0.15) is 0 Å². The summed E-state index contributed by atoms with van der Waals surface area (Å²) in [7, 11) is 0. The number of ether oxygens (including phenoxy) is 2. The molecule has 5 N–H and O–H groups in total. The second-order valence-electron chi connectivity index (χ2n) is 14.2. The van der Waals surface area contributed by atoms with Gasteiger partial charge in [0.1, 0.15) is 50.1 Å². The summed E-state index contributed by atoms with van der Waals surface area (Å²) in [6, 6.07) is 16.0. The van der Waals surface area contributed by atoms with E-state index in [1.54, 1.807) is 0 Å². The number of alkyl carbamates (subject to hydrolysis) is 2. The van der Waals surface area contributed by atoms with Crippen LogP contribution in [0.4, 0.5) is 9.59 Å². The van der Waals surface area contributed by atoms with Crippen molar-refractivity contribution < 1.29 is 46.7 Å². The topological polar surface area (TPSA) is 242 Å². The third kappa shape index (κ3) is 12.3. The molecule has 59 heavy (non-hydrogen) atoms. The normalized spacial score (nSPS) is 16.9. The van der Waals surface area contributed by atoms with E-state index in [0.29, 0.717) is 19.3 Å². The van der Waals surface area contributed by atoms with Crippen molar-refractivity contribution in [3.63, 3.8) is 0 Å². The highest BCUT2D eigenvalue weighted by Gasteiger charge is 2.30. The summed E-state index contributed by atoms with van der Waals surface area (Å²) < 4.78 is 27.7. The molecule has 310 valence electrons. The first kappa shape index (κ1) is 41.6. The number of benzene rings is 2. The highest BCUT2D eigenvalue weighted by atomic mass is 16.6. The summed E-state index contributed by atoms with van der Waals surface area (Å²) in [5, 5.41) is 13.9. The fraction of sp³-hybridized carbons (Fsp3) is 0.366. The Morgan fingerprint density at radius 1 is 0.610 bits per heavy atom. The molecule has 4 heterocycles. The number of oxazole rings is 3. The minimum Gasteiger partial charge on any atom is -0.446 e. The molecule has 0 saturated carbocycles. The standard InChI is InChI=1S/C41H46N8O10/c1-25(2)19-30-39-49-32(24-57-39)35(51)45-28(15-9-17-42-40(53)58-20-26-11-5-3-6-12-26)37-47-31(22-55-37)34(50)44-29(38-48-33(23-56-38)36(52)46-30)16-10-18-43-41(54)59-21-27-13-7-4-8-14-27/h3-8,11-14,22-25,28-30H,9-10,15-21H2,1-2H3,(H,42,53)(H,43,54)(H,44,50)(H,45,51)(H,46,52)/t28-,29-,30-/m0/s1. The van der Waals surface area contributed by atoms with Crippen LogP contribution in [0.15, 0.2) is 92.7 Å². The molecule has 2 aromatic carbocycles. The van der Waals surface area contributed by atoms with E-state index in [0.717, 1.165) is 17.4 Å². The van der Waals surface area contributed by atoms with Crippen molar-refractivity contribution in [3.05, 3.63) is 125 Å². The first-order chi connectivity index (χ1) is 28.6. The highest BCUT2D eigenvalue weighted by molar-refractivity contribution is 5.94. The zero-order valence-corrected chi connectivity index (χ0v) is 32.6. The first-order valence-corrected chi connectivity index (χ1v) is 19.3. The van der Waals surface area contributed by atoms with Gasteiger partial charge in [0.15, 0.2) is 17.1 Å². The van der Waals surface area contributed by atoms with Gasteiger partial charge >= 0.3 is 12.2 Å². The Bertz CT molecular complexity index is 2110. The maximum atomic E-state index is 13.6. The van der Waals surface area contributed by atoms with Crippen molar-refractivity contribution in [3.8, 4) is 0 Å². The molecule has 5 amide bonds. The van der Waals surface area contributed by atoms with Crippen molar-refractivity contribution in [1.82, 2.24) is 41.5 Å². The van der Waals surface area contributed by atoms with Gasteiger partial charge in [0.05, 0.1) is 0 Å². The number of carbonyl (C=O) groups is 5. The molecule has 0 aliphatic carbocycles. The van der Waals surface area contributed by atoms with E-state index in [2.05, 4.69) is 41.5 Å². The third-order valence-corrected chi connectivity index (χ3v) is 9.08. The predicted molar refractivity (Wildman–Crippen MR) is 207 cm³/mol. The predicted octanol–water partition coefficient (Wildman–Crippen LogP) is 5.84. The van der Waals surface area contributed by atoms with Crippen LogP contribution in [0.25, 0.3) is 0 Å². The molecular formula is C41H46N8O10. The lowest BCUT2D eigenvalue weighted by molar-refractivity contribution is 0.0914. The van der Waals surface area contributed by atoms with E-state index in [9.17, 15) is 24.0 Å². The van der Waals surface area contributed by atoms with Crippen molar-refractivity contribution in [2.24, 2.45) is 5.92 Å². The van der Waals surface area contributed by atoms with Gasteiger partial charge in [-0.25, -0.2) is 24.5 Å². The summed E-state index contributed by atoms with van der Waals surface area (Å²) in [5.41, 5.74) is 1.44. The number of carbonyl (C=O) groups excluding carboxylic acids is 5. The van der Waals surface area contributed by atoms with Gasteiger partial charge in [-0.15, -0.1) is 0 Å². The van der Waals surface area contributed by atoms with Crippen LogP contribution in [-0.2, 0) is 22.7 Å². The lowest BCUT2D eigenvalue weighted by atomic mass is 10.0. The van der Waals surface area contributed by atoms with Crippen LogP contribution >= 0.6 is 0 Å². The average molecular weight is 811 g/mol. The summed E-state index contributed by atoms with van der Waals surface area (Å²) in [6.45, 7) is 4.51. The number of hydrogen-bond donors (Lipinski definition) is 5. The fourth-order valence-electron chi connectivity index (χ4n) is 6.10. The molecule has 3 atom stereocenters. The SMILES string of the molecule is CC(C)C[C@@H]1NC(=O)c2coc(n2)[C@H](CCCNC(=O)OCc2ccccc2)NC(=O)c2coc(n2)[C@H](CCCNC(=O)OCc2ccccc2)NC(=O)c2coc1n2. The molecule has 5 aromatic rings. The number of nitrogens with one attached hydrogen (secondary N) is 5. The van der Waals surface area contributed by atoms with Crippen molar-refractivity contribution in [1.29, 1.82) is 0 Å². The highest BCUT2D eigenvalue weighted by Crippen LogP contribution is 2.25. The molecule has 0 saturated heterocycles. The molecule has 6 rings (SSSR count). The van der Waals surface area contributed by atoms with E-state index in [1.165, 1.54) is 12.5 Å². The van der Waals surface area contributed by atoms with Crippen LogP contribution in [0.3, 0.4) is 0 Å². The molecule has 18 heteroatoms. The Labute approximate surface area is 339 Å². The van der Waals surface area contributed by atoms with Gasteiger partial charge in [-0.1, -0.05) is 74.5 Å². The lowest BCUT2D eigenvalue weighted by Crippen LogP contribution is -2.33. The molecule has 18 nitrogen and oxygen atoms in total. The van der Waals surface area contributed by atoms with Gasteiger partial charge in [0, 0.05) is 13.1 Å². The van der Waals surface area contributed by atoms with Crippen molar-refractivity contribution >= 4 is 29.9 Å². The van der Waals surface area contributed by atoms with E-state index >= 15 is 0 Å². The zero-order chi connectivity index (χ0) is 41.6. The molecule has 3 aromatic heterocycles. The van der Waals surface area contributed by atoms with Crippen LogP contribution in [0.5, 0.6) is 0 Å². The van der Waals surface area contributed by atoms with Gasteiger partial charge < -0.3 is 49.3 Å². The number of hydrogen-bond acceptors (Lipinski definition) is 13. The molecule has 1 aliphatic rings. The Hall–Kier alpha value is -6.98. The van der Waals surface area contributed by atoms with Crippen LogP contribution in [0.2, 0.25) is 0 Å². The third-order valence-electron chi connectivity index (χ3n) is 9.08. The zero-order valence-electron chi connectivity index (χ0n) is 32.6. The minimum atomic E-state index is -0.866. The maximum Gasteiger partial charge on any atom is 0.407 e. The molecule has 0 fully saturated rings. The Balaban J connectivity index is 1.17. The number of amides is 5. The van der Waals surface area contributed by atoms with E-state index in [4.69, 9.17) is 22.7 Å². The quantitative estimate of drug-likeness (QED) is 0.0830. The van der Waals surface area contributed by atoms with Gasteiger partial charge in [-0.3, -0.25) is 14.4 Å². The fourth-order valence-corrected chi connectivity index (χ4v) is 6.10. The maximum absolute atomic E-state index is 13.6. The van der Waals surface area contributed by atoms with Crippen LogP contribution in [-0.4, -0.2) is 57.9 Å². The average Bonchev–Trinajstić information content (AvgIpc) is 4.04. The lowest BCUT2D eigenvalue weighted by Gasteiger charge is -2.17. The number of fused-ring (bicyclic) bond motifs is 6. The van der Waals surface area contributed by atoms with Crippen LogP contribution < -0.4 is 26.6 Å². The first-order valence-electron chi connectivity index (χ1n) is 19.3. The molecule has 0 radical (unpaired) electrons. The second-order valence-corrected chi connectivity index (χ2v) is 14.2.